The number of benzene rings is 1. The monoisotopic (exact) mass is 286 g/mol. The summed E-state index contributed by atoms with van der Waals surface area (Å²) in [6.45, 7) is 5.69. The Labute approximate surface area is 103 Å². The standard InChI is InChI=1S/C12H12BrClO/c1-8(2)3-6-12(15)9-4-5-10(13)11(14)7-9/h4-5,7H,1,3,6H2,2H3. The SMILES string of the molecule is C=C(C)CCC(=O)c1ccc(Br)c(Cl)c1. The molecule has 0 aliphatic heterocycles. The summed E-state index contributed by atoms with van der Waals surface area (Å²) in [5.74, 6) is 0.104. The average molecular weight is 288 g/mol. The third-order valence-electron chi connectivity index (χ3n) is 2.02. The summed E-state index contributed by atoms with van der Waals surface area (Å²) in [4.78, 5) is 11.7. The molecule has 0 N–H and O–H groups in total. The molecular formula is C12H12BrClO. The zero-order chi connectivity index (χ0) is 11.4. The molecule has 1 aromatic rings. The van der Waals surface area contributed by atoms with E-state index in [2.05, 4.69) is 22.5 Å². The second kappa shape index (κ2) is 5.47. The van der Waals surface area contributed by atoms with Crippen molar-refractivity contribution in [2.45, 2.75) is 19.8 Å². The van der Waals surface area contributed by atoms with Crippen molar-refractivity contribution in [2.75, 3.05) is 0 Å². The minimum atomic E-state index is 0.104. The summed E-state index contributed by atoms with van der Waals surface area (Å²) in [5.41, 5.74) is 1.68. The molecule has 15 heavy (non-hydrogen) atoms. The van der Waals surface area contributed by atoms with Gasteiger partial charge in [0.2, 0.25) is 0 Å². The Morgan fingerprint density at radius 1 is 1.47 bits per heavy atom. The molecule has 0 aliphatic rings. The Bertz CT molecular complexity index is 399. The van der Waals surface area contributed by atoms with Gasteiger partial charge in [-0.1, -0.05) is 23.2 Å². The molecule has 0 fully saturated rings. The Balaban J connectivity index is 2.74. The maximum Gasteiger partial charge on any atom is 0.163 e. The van der Waals surface area contributed by atoms with Crippen molar-refractivity contribution >= 4 is 33.3 Å². The predicted molar refractivity (Wildman–Crippen MR) is 67.5 cm³/mol. The summed E-state index contributed by atoms with van der Waals surface area (Å²) in [7, 11) is 0. The molecule has 0 saturated carbocycles. The van der Waals surface area contributed by atoms with Gasteiger partial charge in [-0.15, -0.1) is 6.58 Å². The van der Waals surface area contributed by atoms with Gasteiger partial charge in [-0.2, -0.15) is 0 Å². The quantitative estimate of drug-likeness (QED) is 0.582. The minimum Gasteiger partial charge on any atom is -0.294 e. The summed E-state index contributed by atoms with van der Waals surface area (Å²) in [6.07, 6.45) is 1.22. The van der Waals surface area contributed by atoms with E-state index in [1.54, 1.807) is 18.2 Å². The fraction of sp³-hybridized carbons (Fsp3) is 0.250. The molecule has 1 rings (SSSR count). The van der Waals surface area contributed by atoms with Crippen molar-refractivity contribution in [3.63, 3.8) is 0 Å². The van der Waals surface area contributed by atoms with Crippen molar-refractivity contribution in [3.8, 4) is 0 Å². The van der Waals surface area contributed by atoms with Gasteiger partial charge in [-0.3, -0.25) is 4.79 Å². The zero-order valence-electron chi connectivity index (χ0n) is 8.52. The molecule has 3 heteroatoms. The van der Waals surface area contributed by atoms with Crippen molar-refractivity contribution < 1.29 is 4.79 Å². The van der Waals surface area contributed by atoms with Gasteiger partial charge in [-0.05, 0) is 41.4 Å². The van der Waals surface area contributed by atoms with Gasteiger partial charge in [-0.25, -0.2) is 0 Å². The lowest BCUT2D eigenvalue weighted by Crippen LogP contribution is -1.98. The number of allylic oxidation sites excluding steroid dienone is 1. The van der Waals surface area contributed by atoms with Crippen LogP contribution in [-0.4, -0.2) is 5.78 Å². The highest BCUT2D eigenvalue weighted by molar-refractivity contribution is 9.10. The van der Waals surface area contributed by atoms with E-state index in [0.717, 1.165) is 16.5 Å². The van der Waals surface area contributed by atoms with Crippen molar-refractivity contribution in [3.05, 3.63) is 45.4 Å². The summed E-state index contributed by atoms with van der Waals surface area (Å²) >= 11 is 9.19. The molecule has 0 atom stereocenters. The van der Waals surface area contributed by atoms with Gasteiger partial charge in [0.05, 0.1) is 5.02 Å². The summed E-state index contributed by atoms with van der Waals surface area (Å²) in [5, 5.41) is 0.566. The molecule has 0 bridgehead atoms. The molecule has 0 saturated heterocycles. The molecule has 80 valence electrons. The highest BCUT2D eigenvalue weighted by atomic mass is 79.9. The lowest BCUT2D eigenvalue weighted by Gasteiger charge is -2.02. The molecule has 0 spiro atoms. The van der Waals surface area contributed by atoms with Gasteiger partial charge >= 0.3 is 0 Å². The predicted octanol–water partition coefficient (Wildman–Crippen LogP) is 4.64. The Morgan fingerprint density at radius 3 is 2.67 bits per heavy atom. The van der Waals surface area contributed by atoms with Gasteiger partial charge in [0.15, 0.2) is 5.78 Å². The molecule has 0 aromatic heterocycles. The van der Waals surface area contributed by atoms with Gasteiger partial charge < -0.3 is 0 Å². The van der Waals surface area contributed by atoms with Crippen LogP contribution in [0.3, 0.4) is 0 Å². The smallest absolute Gasteiger partial charge is 0.163 e. The number of carbonyl (C=O) groups excluding carboxylic acids is 1. The Kier molecular flexibility index (Phi) is 4.55. The molecule has 0 amide bonds. The van der Waals surface area contributed by atoms with Crippen LogP contribution in [0.5, 0.6) is 0 Å². The van der Waals surface area contributed by atoms with Crippen LogP contribution in [0.4, 0.5) is 0 Å². The molecule has 1 aromatic carbocycles. The van der Waals surface area contributed by atoms with Crippen molar-refractivity contribution in [2.24, 2.45) is 0 Å². The van der Waals surface area contributed by atoms with E-state index in [1.165, 1.54) is 0 Å². The lowest BCUT2D eigenvalue weighted by atomic mass is 10.0. The van der Waals surface area contributed by atoms with Gasteiger partial charge in [0.25, 0.3) is 0 Å². The van der Waals surface area contributed by atoms with E-state index >= 15 is 0 Å². The zero-order valence-corrected chi connectivity index (χ0v) is 10.9. The molecule has 0 unspecified atom stereocenters. The first-order valence-electron chi connectivity index (χ1n) is 4.63. The van der Waals surface area contributed by atoms with Crippen LogP contribution < -0.4 is 0 Å². The van der Waals surface area contributed by atoms with E-state index < -0.39 is 0 Å². The number of carbonyl (C=O) groups is 1. The first-order valence-corrected chi connectivity index (χ1v) is 5.80. The van der Waals surface area contributed by atoms with E-state index in [9.17, 15) is 4.79 Å². The second-order valence-electron chi connectivity index (χ2n) is 3.51. The Hall–Kier alpha value is -0.600. The fourth-order valence-corrected chi connectivity index (χ4v) is 1.57. The molecule has 0 radical (unpaired) electrons. The van der Waals surface area contributed by atoms with Crippen LogP contribution >= 0.6 is 27.5 Å². The van der Waals surface area contributed by atoms with Crippen molar-refractivity contribution in [1.29, 1.82) is 0 Å². The topological polar surface area (TPSA) is 17.1 Å². The number of Topliss-reactive ketones (excluding diaryl/α,β-unsaturated/α-hetero) is 1. The van der Waals surface area contributed by atoms with Crippen LogP contribution in [0.2, 0.25) is 5.02 Å². The van der Waals surface area contributed by atoms with Crippen LogP contribution in [0.15, 0.2) is 34.8 Å². The Morgan fingerprint density at radius 2 is 2.13 bits per heavy atom. The van der Waals surface area contributed by atoms with E-state index in [1.807, 2.05) is 6.92 Å². The first-order chi connectivity index (χ1) is 7.00. The number of rotatable bonds is 4. The number of hydrogen-bond donors (Lipinski definition) is 0. The molecule has 1 nitrogen and oxygen atoms in total. The second-order valence-corrected chi connectivity index (χ2v) is 4.77. The molecule has 0 aliphatic carbocycles. The first kappa shape index (κ1) is 12.5. The minimum absolute atomic E-state index is 0.104. The maximum absolute atomic E-state index is 11.7. The van der Waals surface area contributed by atoms with E-state index in [0.29, 0.717) is 17.0 Å². The number of hydrogen-bond acceptors (Lipinski definition) is 1. The normalized spacial score (nSPS) is 10.1. The highest BCUT2D eigenvalue weighted by Gasteiger charge is 2.07. The lowest BCUT2D eigenvalue weighted by molar-refractivity contribution is 0.0983. The third kappa shape index (κ3) is 3.80. The number of halogens is 2. The highest BCUT2D eigenvalue weighted by Crippen LogP contribution is 2.24. The van der Waals surface area contributed by atoms with Crippen molar-refractivity contribution in [1.82, 2.24) is 0 Å². The van der Waals surface area contributed by atoms with Crippen LogP contribution in [-0.2, 0) is 0 Å². The van der Waals surface area contributed by atoms with Gasteiger partial charge in [0.1, 0.15) is 0 Å². The van der Waals surface area contributed by atoms with E-state index in [-0.39, 0.29) is 5.78 Å². The maximum atomic E-state index is 11.7. The summed E-state index contributed by atoms with van der Waals surface area (Å²) < 4.78 is 0.806. The summed E-state index contributed by atoms with van der Waals surface area (Å²) in [6, 6.07) is 5.25. The largest absolute Gasteiger partial charge is 0.294 e. The molecular weight excluding hydrogens is 275 g/mol. The van der Waals surface area contributed by atoms with Crippen LogP contribution in [0.25, 0.3) is 0 Å². The fourth-order valence-electron chi connectivity index (χ4n) is 1.14. The average Bonchev–Trinajstić information content (AvgIpc) is 2.18. The van der Waals surface area contributed by atoms with E-state index in [4.69, 9.17) is 11.6 Å². The third-order valence-corrected chi connectivity index (χ3v) is 3.25. The molecule has 0 heterocycles. The van der Waals surface area contributed by atoms with Crippen LogP contribution in [0.1, 0.15) is 30.1 Å². The van der Waals surface area contributed by atoms with Gasteiger partial charge in [0, 0.05) is 16.5 Å². The number of ketones is 1. The van der Waals surface area contributed by atoms with Crippen LogP contribution in [0, 0.1) is 0 Å².